The van der Waals surface area contributed by atoms with Crippen molar-refractivity contribution in [2.75, 3.05) is 0 Å². The normalized spacial score (nSPS) is 7.06. The molecule has 0 amide bonds. The zero-order valence-corrected chi connectivity index (χ0v) is 8.17. The Balaban J connectivity index is -0.00000000762. The Labute approximate surface area is 103 Å². The topological polar surface area (TPSA) is 183 Å². The third-order valence-electron chi connectivity index (χ3n) is 0. The first-order valence-corrected chi connectivity index (χ1v) is 1.75. The molecule has 18 radical (unpaired) electrons. The maximum Gasteiger partial charge on any atom is 2.00 e. The number of halogens is 8. The Hall–Kier alpha value is -0.177. The molecule has 0 unspecified atom stereocenters. The molecule has 0 heterocycles. The van der Waals surface area contributed by atoms with Crippen molar-refractivity contribution in [3.05, 3.63) is 0 Å². The van der Waals surface area contributed by atoms with Gasteiger partial charge in [-0.25, -0.2) is 0 Å². The first-order valence-electron chi connectivity index (χ1n) is 1.75. The van der Waals surface area contributed by atoms with Gasteiger partial charge in [0.25, 0.3) is 0 Å². The molecule has 0 spiro atoms. The van der Waals surface area contributed by atoms with Gasteiger partial charge in [-0.15, -0.1) is 0 Å². The van der Waals surface area contributed by atoms with Gasteiger partial charge in [0, 0.05) is 36.9 Å². The van der Waals surface area contributed by atoms with E-state index in [0.29, 0.717) is 0 Å². The Kier molecular flexibility index (Phi) is 101. The van der Waals surface area contributed by atoms with Crippen LogP contribution in [-0.2, 0) is 16.5 Å². The molecule has 0 atom stereocenters. The average molecular weight is 316 g/mol. The Bertz CT molecular complexity index is 71.0. The van der Waals surface area contributed by atoms with Crippen molar-refractivity contribution < 1.29 is 51.0 Å². The molecule has 0 saturated heterocycles. The SMILES string of the molecule is F[B-](F)(F)F.F[B-](F)(F)F.[N].[N].[N].[N].[N].[N].[Ni+2]. The molecule has 0 aromatic carbocycles. The summed E-state index contributed by atoms with van der Waals surface area (Å²) in [5.74, 6) is 0. The summed E-state index contributed by atoms with van der Waals surface area (Å²) in [5, 5.41) is 0. The molecule has 0 aliphatic heterocycles. The van der Waals surface area contributed by atoms with Crippen LogP contribution in [-0.4, -0.2) is 14.5 Å². The second-order valence-corrected chi connectivity index (χ2v) is 0.990. The quantitative estimate of drug-likeness (QED) is 0.420. The van der Waals surface area contributed by atoms with Crippen LogP contribution in [0.15, 0.2) is 0 Å². The summed E-state index contributed by atoms with van der Waals surface area (Å²) in [7, 11) is -12.0. The Morgan fingerprint density at radius 2 is 0.353 bits per heavy atom. The summed E-state index contributed by atoms with van der Waals surface area (Å²) in [6.45, 7) is 0. The summed E-state index contributed by atoms with van der Waals surface area (Å²) in [6, 6.07) is 0. The second-order valence-electron chi connectivity index (χ2n) is 0.990. The molecule has 0 saturated carbocycles. The maximum absolute atomic E-state index is 9.75. The van der Waals surface area contributed by atoms with E-state index in [1.807, 2.05) is 0 Å². The van der Waals surface area contributed by atoms with Crippen molar-refractivity contribution in [1.82, 2.24) is 36.9 Å². The number of nitrogens with zero attached hydrogens (tertiary/aromatic N) is 6. The van der Waals surface area contributed by atoms with E-state index in [4.69, 9.17) is 0 Å². The smallest absolute Gasteiger partial charge is 0.418 e. The standard InChI is InChI=1S/2BF4.6N.Ni/c2*2-1(3,4)5;;;;;;;/q2*-1;;;;;;;+2. The van der Waals surface area contributed by atoms with Gasteiger partial charge in [0.2, 0.25) is 0 Å². The molecule has 6 nitrogen and oxygen atoms in total. The van der Waals surface area contributed by atoms with Crippen LogP contribution in [0.5, 0.6) is 0 Å². The summed E-state index contributed by atoms with van der Waals surface area (Å²) in [6.07, 6.45) is 0. The third kappa shape index (κ3) is 96900. The molecule has 0 rings (SSSR count). The van der Waals surface area contributed by atoms with Gasteiger partial charge in [0.1, 0.15) is 0 Å². The summed E-state index contributed by atoms with van der Waals surface area (Å²) >= 11 is 0. The van der Waals surface area contributed by atoms with Crippen molar-refractivity contribution in [2.24, 2.45) is 0 Å². The van der Waals surface area contributed by atoms with Crippen LogP contribution in [0.4, 0.5) is 34.5 Å². The van der Waals surface area contributed by atoms with Crippen molar-refractivity contribution in [1.29, 1.82) is 0 Å². The Morgan fingerprint density at radius 3 is 0.353 bits per heavy atom. The van der Waals surface area contributed by atoms with Crippen molar-refractivity contribution >= 4 is 14.5 Å². The zero-order valence-electron chi connectivity index (χ0n) is 7.18. The molecule has 17 heteroatoms. The molecule has 0 aromatic heterocycles. The van der Waals surface area contributed by atoms with Gasteiger partial charge >= 0.3 is 31.0 Å². The molecule has 0 N–H and O–H groups in total. The molecule has 0 aliphatic carbocycles. The molecule has 0 aliphatic rings. The molecule has 0 aromatic rings. The van der Waals surface area contributed by atoms with E-state index in [0.717, 1.165) is 0 Å². The monoisotopic (exact) mass is 316 g/mol. The van der Waals surface area contributed by atoms with Crippen LogP contribution >= 0.6 is 0 Å². The van der Waals surface area contributed by atoms with E-state index in [-0.39, 0.29) is 53.4 Å². The first-order chi connectivity index (χ1) is 4.00. The predicted molar refractivity (Wildman–Crippen MR) is 33.2 cm³/mol. The van der Waals surface area contributed by atoms with Crippen LogP contribution in [0.3, 0.4) is 0 Å². The van der Waals surface area contributed by atoms with Gasteiger partial charge in [0.15, 0.2) is 0 Å². The van der Waals surface area contributed by atoms with Crippen molar-refractivity contribution in [3.8, 4) is 0 Å². The average Bonchev–Trinajstić information content (AvgIpc) is 1.12. The van der Waals surface area contributed by atoms with E-state index >= 15 is 0 Å². The first kappa shape index (κ1) is 68.8. The van der Waals surface area contributed by atoms with Crippen LogP contribution in [0.1, 0.15) is 0 Å². The zero-order chi connectivity index (χ0) is 9.00. The number of hydrogen-bond acceptors (Lipinski definition) is 0. The van der Waals surface area contributed by atoms with Crippen molar-refractivity contribution in [3.63, 3.8) is 0 Å². The van der Waals surface area contributed by atoms with E-state index < -0.39 is 14.5 Å². The minimum absolute atomic E-state index is 0. The summed E-state index contributed by atoms with van der Waals surface area (Å²) in [5.41, 5.74) is 0. The van der Waals surface area contributed by atoms with E-state index in [9.17, 15) is 34.5 Å². The fourth-order valence-electron chi connectivity index (χ4n) is 0. The van der Waals surface area contributed by atoms with E-state index in [1.54, 1.807) is 0 Å². The van der Waals surface area contributed by atoms with E-state index in [2.05, 4.69) is 0 Å². The second kappa shape index (κ2) is 24.9. The van der Waals surface area contributed by atoms with Gasteiger partial charge < -0.3 is 34.5 Å². The van der Waals surface area contributed by atoms with Crippen LogP contribution in [0.25, 0.3) is 0 Å². The van der Waals surface area contributed by atoms with Gasteiger partial charge in [-0.1, -0.05) is 0 Å². The third-order valence-corrected chi connectivity index (χ3v) is 0. The van der Waals surface area contributed by atoms with E-state index in [1.165, 1.54) is 0 Å². The fourth-order valence-corrected chi connectivity index (χ4v) is 0. The summed E-state index contributed by atoms with van der Waals surface area (Å²) < 4.78 is 78.0. The molecule has 0 bridgehead atoms. The molecular formula is B2F8N6Ni. The van der Waals surface area contributed by atoms with Crippen molar-refractivity contribution in [2.45, 2.75) is 0 Å². The Morgan fingerprint density at radius 1 is 0.353 bits per heavy atom. The largest absolute Gasteiger partial charge is 2.00 e. The van der Waals surface area contributed by atoms with Gasteiger partial charge in [0.05, 0.1) is 0 Å². The maximum atomic E-state index is 9.75. The fraction of sp³-hybridized carbons (Fsp3) is 0. The molecule has 102 valence electrons. The van der Waals surface area contributed by atoms with Gasteiger partial charge in [-0.2, -0.15) is 0 Å². The van der Waals surface area contributed by atoms with Gasteiger partial charge in [-0.05, 0) is 0 Å². The molecular weight excluding hydrogens is 316 g/mol. The summed E-state index contributed by atoms with van der Waals surface area (Å²) in [4.78, 5) is 0. The number of rotatable bonds is 0. The van der Waals surface area contributed by atoms with Crippen LogP contribution < -0.4 is 36.9 Å². The number of hydrogen-bond donors (Lipinski definition) is 0. The predicted octanol–water partition coefficient (Wildman–Crippen LogP) is -0.286. The minimum Gasteiger partial charge on any atom is -0.418 e. The van der Waals surface area contributed by atoms with Crippen LogP contribution in [0, 0.1) is 0 Å². The molecule has 17 heavy (non-hydrogen) atoms. The van der Waals surface area contributed by atoms with Gasteiger partial charge in [-0.3, -0.25) is 0 Å². The van der Waals surface area contributed by atoms with Crippen LogP contribution in [0.2, 0.25) is 0 Å². The minimum atomic E-state index is -6.00. The molecule has 0 fully saturated rings.